The Morgan fingerprint density at radius 2 is 1.95 bits per heavy atom. The minimum absolute atomic E-state index is 0.148. The SMILES string of the molecule is CNCC1CCN(C(=O)Cc2ccc(F)cc2)CC1. The highest BCUT2D eigenvalue weighted by molar-refractivity contribution is 5.78. The largest absolute Gasteiger partial charge is 0.342 e. The van der Waals surface area contributed by atoms with E-state index in [1.165, 1.54) is 12.1 Å². The quantitative estimate of drug-likeness (QED) is 0.900. The van der Waals surface area contributed by atoms with Crippen molar-refractivity contribution in [1.82, 2.24) is 10.2 Å². The predicted octanol–water partition coefficient (Wildman–Crippen LogP) is 1.83. The van der Waals surface area contributed by atoms with Crippen LogP contribution in [0.4, 0.5) is 4.39 Å². The van der Waals surface area contributed by atoms with Crippen molar-refractivity contribution in [2.24, 2.45) is 5.92 Å². The van der Waals surface area contributed by atoms with E-state index in [9.17, 15) is 9.18 Å². The third-order valence-electron chi connectivity index (χ3n) is 3.73. The van der Waals surface area contributed by atoms with Gasteiger partial charge in [0.1, 0.15) is 5.82 Å². The van der Waals surface area contributed by atoms with Gasteiger partial charge in [0.05, 0.1) is 6.42 Å². The van der Waals surface area contributed by atoms with Crippen LogP contribution in [0.15, 0.2) is 24.3 Å². The Labute approximate surface area is 113 Å². The Morgan fingerprint density at radius 1 is 1.32 bits per heavy atom. The molecular weight excluding hydrogens is 243 g/mol. The van der Waals surface area contributed by atoms with E-state index in [1.807, 2.05) is 11.9 Å². The number of nitrogens with zero attached hydrogens (tertiary/aromatic N) is 1. The zero-order valence-corrected chi connectivity index (χ0v) is 11.4. The number of rotatable bonds is 4. The van der Waals surface area contributed by atoms with Gasteiger partial charge in [-0.3, -0.25) is 4.79 Å². The zero-order chi connectivity index (χ0) is 13.7. The molecule has 2 rings (SSSR count). The molecule has 1 aliphatic rings. The summed E-state index contributed by atoms with van der Waals surface area (Å²) in [5.41, 5.74) is 0.878. The number of hydrogen-bond acceptors (Lipinski definition) is 2. The van der Waals surface area contributed by atoms with Crippen molar-refractivity contribution < 1.29 is 9.18 Å². The first-order valence-electron chi connectivity index (χ1n) is 6.86. The monoisotopic (exact) mass is 264 g/mol. The second kappa shape index (κ2) is 6.66. The molecule has 1 amide bonds. The minimum Gasteiger partial charge on any atom is -0.342 e. The Kier molecular flexibility index (Phi) is 4.91. The van der Waals surface area contributed by atoms with Gasteiger partial charge in [-0.15, -0.1) is 0 Å². The number of halogens is 1. The molecule has 3 nitrogen and oxygen atoms in total. The first-order valence-corrected chi connectivity index (χ1v) is 6.86. The zero-order valence-electron chi connectivity index (χ0n) is 11.4. The summed E-state index contributed by atoms with van der Waals surface area (Å²) in [6.07, 6.45) is 2.50. The molecule has 19 heavy (non-hydrogen) atoms. The molecule has 104 valence electrons. The van der Waals surface area contributed by atoms with Gasteiger partial charge in [0, 0.05) is 13.1 Å². The van der Waals surface area contributed by atoms with Crippen molar-refractivity contribution in [1.29, 1.82) is 0 Å². The number of piperidine rings is 1. The average Bonchev–Trinajstić information content (AvgIpc) is 2.42. The Morgan fingerprint density at radius 3 is 2.53 bits per heavy atom. The standard InChI is InChI=1S/C15H21FN2O/c1-17-11-13-6-8-18(9-7-13)15(19)10-12-2-4-14(16)5-3-12/h2-5,13,17H,6-11H2,1H3. The van der Waals surface area contributed by atoms with Gasteiger partial charge in [0.15, 0.2) is 0 Å². The molecule has 0 spiro atoms. The molecule has 1 aromatic rings. The van der Waals surface area contributed by atoms with Crippen LogP contribution in [0, 0.1) is 11.7 Å². The van der Waals surface area contributed by atoms with Gasteiger partial charge in [-0.1, -0.05) is 12.1 Å². The van der Waals surface area contributed by atoms with Gasteiger partial charge in [0.25, 0.3) is 0 Å². The molecule has 0 aliphatic carbocycles. The lowest BCUT2D eigenvalue weighted by Crippen LogP contribution is -2.41. The first-order chi connectivity index (χ1) is 9.19. The number of hydrogen-bond donors (Lipinski definition) is 1. The van der Waals surface area contributed by atoms with E-state index in [-0.39, 0.29) is 11.7 Å². The predicted molar refractivity (Wildman–Crippen MR) is 73.3 cm³/mol. The summed E-state index contributed by atoms with van der Waals surface area (Å²) < 4.78 is 12.8. The van der Waals surface area contributed by atoms with E-state index in [1.54, 1.807) is 12.1 Å². The minimum atomic E-state index is -0.260. The van der Waals surface area contributed by atoms with Crippen molar-refractivity contribution in [3.63, 3.8) is 0 Å². The molecule has 1 aliphatic heterocycles. The van der Waals surface area contributed by atoms with Crippen molar-refractivity contribution in [2.75, 3.05) is 26.7 Å². The third kappa shape index (κ3) is 4.03. The molecule has 4 heteroatoms. The van der Waals surface area contributed by atoms with Crippen LogP contribution in [0.5, 0.6) is 0 Å². The van der Waals surface area contributed by atoms with Crippen LogP contribution in [0.1, 0.15) is 18.4 Å². The van der Waals surface area contributed by atoms with Gasteiger partial charge in [-0.25, -0.2) is 4.39 Å². The highest BCUT2D eigenvalue weighted by Gasteiger charge is 2.22. The highest BCUT2D eigenvalue weighted by atomic mass is 19.1. The Balaban J connectivity index is 1.83. The summed E-state index contributed by atoms with van der Waals surface area (Å²) in [4.78, 5) is 14.1. The number of carbonyl (C=O) groups is 1. The number of benzene rings is 1. The van der Waals surface area contributed by atoms with Crippen LogP contribution in [0.25, 0.3) is 0 Å². The molecule has 0 bridgehead atoms. The van der Waals surface area contributed by atoms with E-state index < -0.39 is 0 Å². The summed E-state index contributed by atoms with van der Waals surface area (Å²) in [7, 11) is 1.96. The van der Waals surface area contributed by atoms with Crippen molar-refractivity contribution in [3.05, 3.63) is 35.6 Å². The highest BCUT2D eigenvalue weighted by Crippen LogP contribution is 2.17. The lowest BCUT2D eigenvalue weighted by molar-refractivity contribution is -0.131. The number of carbonyl (C=O) groups excluding carboxylic acids is 1. The maximum Gasteiger partial charge on any atom is 0.226 e. The van der Waals surface area contributed by atoms with Crippen LogP contribution >= 0.6 is 0 Å². The smallest absolute Gasteiger partial charge is 0.226 e. The molecule has 0 aromatic heterocycles. The Hall–Kier alpha value is -1.42. The van der Waals surface area contributed by atoms with E-state index >= 15 is 0 Å². The lowest BCUT2D eigenvalue weighted by Gasteiger charge is -2.32. The van der Waals surface area contributed by atoms with Crippen LogP contribution in [0.3, 0.4) is 0 Å². The molecule has 1 aromatic carbocycles. The molecule has 0 radical (unpaired) electrons. The van der Waals surface area contributed by atoms with Crippen molar-refractivity contribution in [3.8, 4) is 0 Å². The molecule has 1 fully saturated rings. The van der Waals surface area contributed by atoms with E-state index in [2.05, 4.69) is 5.32 Å². The third-order valence-corrected chi connectivity index (χ3v) is 3.73. The van der Waals surface area contributed by atoms with E-state index in [4.69, 9.17) is 0 Å². The van der Waals surface area contributed by atoms with Gasteiger partial charge >= 0.3 is 0 Å². The summed E-state index contributed by atoms with van der Waals surface area (Å²) in [5.74, 6) is 0.568. The summed E-state index contributed by atoms with van der Waals surface area (Å²) in [5, 5.41) is 3.19. The van der Waals surface area contributed by atoms with E-state index in [0.717, 1.165) is 38.0 Å². The van der Waals surface area contributed by atoms with E-state index in [0.29, 0.717) is 12.3 Å². The molecule has 1 saturated heterocycles. The summed E-state index contributed by atoms with van der Waals surface area (Å²) >= 11 is 0. The fraction of sp³-hybridized carbons (Fsp3) is 0.533. The maximum atomic E-state index is 12.8. The molecule has 0 saturated carbocycles. The van der Waals surface area contributed by atoms with Gasteiger partial charge in [-0.2, -0.15) is 0 Å². The first kappa shape index (κ1) is 14.0. The molecule has 1 heterocycles. The van der Waals surface area contributed by atoms with Crippen molar-refractivity contribution >= 4 is 5.91 Å². The number of nitrogens with one attached hydrogen (secondary N) is 1. The molecule has 1 N–H and O–H groups in total. The molecule has 0 unspecified atom stereocenters. The fourth-order valence-corrected chi connectivity index (χ4v) is 2.56. The second-order valence-corrected chi connectivity index (χ2v) is 5.19. The average molecular weight is 264 g/mol. The van der Waals surface area contributed by atoms with Gasteiger partial charge in [0.2, 0.25) is 5.91 Å². The van der Waals surface area contributed by atoms with Gasteiger partial charge < -0.3 is 10.2 Å². The van der Waals surface area contributed by atoms with Crippen LogP contribution in [0.2, 0.25) is 0 Å². The summed E-state index contributed by atoms with van der Waals surface area (Å²) in [6, 6.07) is 6.17. The van der Waals surface area contributed by atoms with Gasteiger partial charge in [-0.05, 0) is 50.0 Å². The summed E-state index contributed by atoms with van der Waals surface area (Å²) in [6.45, 7) is 2.71. The number of amides is 1. The van der Waals surface area contributed by atoms with Crippen LogP contribution in [-0.2, 0) is 11.2 Å². The molecule has 0 atom stereocenters. The Bertz CT molecular complexity index is 411. The molecular formula is C15H21FN2O. The number of likely N-dealkylation sites (tertiary alicyclic amines) is 1. The fourth-order valence-electron chi connectivity index (χ4n) is 2.56. The normalized spacial score (nSPS) is 16.6. The van der Waals surface area contributed by atoms with Crippen LogP contribution in [-0.4, -0.2) is 37.5 Å². The van der Waals surface area contributed by atoms with Crippen molar-refractivity contribution in [2.45, 2.75) is 19.3 Å². The second-order valence-electron chi connectivity index (χ2n) is 5.19. The maximum absolute atomic E-state index is 12.8. The lowest BCUT2D eigenvalue weighted by atomic mass is 9.96. The van der Waals surface area contributed by atoms with Crippen LogP contribution < -0.4 is 5.32 Å². The topological polar surface area (TPSA) is 32.3 Å².